The fraction of sp³-hybridized carbons (Fsp3) is 0.600. The zero-order valence-corrected chi connectivity index (χ0v) is 13.3. The van der Waals surface area contributed by atoms with Gasteiger partial charge in [0.25, 0.3) is 5.56 Å². The fourth-order valence-electron chi connectivity index (χ4n) is 3.17. The Bertz CT molecular complexity index is 686. The minimum absolute atomic E-state index is 0.0361. The van der Waals surface area contributed by atoms with E-state index in [4.69, 9.17) is 0 Å². The third-order valence-electron chi connectivity index (χ3n) is 4.24. The number of hydrogen-bond acceptors (Lipinski definition) is 5. The molecule has 0 aromatic carbocycles. The monoisotopic (exact) mass is 307 g/mol. The number of aromatic nitrogens is 2. The highest BCUT2D eigenvalue weighted by atomic mass is 32.1. The lowest BCUT2D eigenvalue weighted by Gasteiger charge is -2.33. The number of nitrogens with zero attached hydrogens (tertiary/aromatic N) is 3. The maximum atomic E-state index is 12.3. The Balaban J connectivity index is 1.74. The first-order chi connectivity index (χ1) is 9.97. The van der Waals surface area contributed by atoms with Gasteiger partial charge in [0.2, 0.25) is 0 Å². The number of aliphatic hydroxyl groups is 1. The average molecular weight is 307 g/mol. The number of thiophene rings is 1. The van der Waals surface area contributed by atoms with E-state index >= 15 is 0 Å². The van der Waals surface area contributed by atoms with Crippen molar-refractivity contribution in [1.29, 1.82) is 0 Å². The van der Waals surface area contributed by atoms with Gasteiger partial charge >= 0.3 is 0 Å². The van der Waals surface area contributed by atoms with Gasteiger partial charge in [-0.3, -0.25) is 14.3 Å². The summed E-state index contributed by atoms with van der Waals surface area (Å²) in [6.07, 6.45) is 3.75. The molecule has 1 aliphatic heterocycles. The summed E-state index contributed by atoms with van der Waals surface area (Å²) < 4.78 is 2.40. The number of rotatable bonds is 4. The molecule has 2 aromatic rings. The van der Waals surface area contributed by atoms with E-state index in [1.807, 2.05) is 25.3 Å². The zero-order chi connectivity index (χ0) is 15.0. The molecule has 21 heavy (non-hydrogen) atoms. The van der Waals surface area contributed by atoms with Crippen LogP contribution in [0.15, 0.2) is 22.6 Å². The molecular formula is C15H21N3O2S. The number of likely N-dealkylation sites (tertiary alicyclic amines) is 1. The molecule has 2 aromatic heterocycles. The molecule has 5 nitrogen and oxygen atoms in total. The van der Waals surface area contributed by atoms with E-state index in [0.29, 0.717) is 6.54 Å². The van der Waals surface area contributed by atoms with Gasteiger partial charge in [-0.25, -0.2) is 4.98 Å². The summed E-state index contributed by atoms with van der Waals surface area (Å²) in [4.78, 5) is 18.9. The molecule has 0 radical (unpaired) electrons. The molecule has 1 atom stereocenters. The van der Waals surface area contributed by atoms with Crippen molar-refractivity contribution in [2.45, 2.75) is 44.9 Å². The molecule has 3 rings (SSSR count). The molecule has 0 amide bonds. The molecule has 1 aliphatic rings. The number of hydrogen-bond donors (Lipinski definition) is 1. The van der Waals surface area contributed by atoms with Gasteiger partial charge in [-0.15, -0.1) is 11.3 Å². The third kappa shape index (κ3) is 2.88. The Morgan fingerprint density at radius 2 is 2.29 bits per heavy atom. The quantitative estimate of drug-likeness (QED) is 0.934. The topological polar surface area (TPSA) is 58.4 Å². The molecule has 0 bridgehead atoms. The molecule has 6 heteroatoms. The third-order valence-corrected chi connectivity index (χ3v) is 5.13. The van der Waals surface area contributed by atoms with Gasteiger partial charge in [-0.1, -0.05) is 0 Å². The van der Waals surface area contributed by atoms with Crippen molar-refractivity contribution >= 4 is 21.6 Å². The largest absolute Gasteiger partial charge is 0.389 e. The molecule has 0 aliphatic carbocycles. The van der Waals surface area contributed by atoms with Crippen molar-refractivity contribution in [2.75, 3.05) is 13.1 Å². The lowest BCUT2D eigenvalue weighted by molar-refractivity contribution is -0.00332. The second-order valence-electron chi connectivity index (χ2n) is 6.23. The van der Waals surface area contributed by atoms with Crippen LogP contribution in [-0.4, -0.2) is 44.3 Å². The van der Waals surface area contributed by atoms with Crippen LogP contribution < -0.4 is 5.56 Å². The Kier molecular flexibility index (Phi) is 3.86. The molecule has 1 unspecified atom stereocenters. The number of fused-ring (bicyclic) bond motifs is 1. The Morgan fingerprint density at radius 1 is 1.48 bits per heavy atom. The Hall–Kier alpha value is -1.24. The highest BCUT2D eigenvalue weighted by molar-refractivity contribution is 7.17. The zero-order valence-electron chi connectivity index (χ0n) is 12.5. The van der Waals surface area contributed by atoms with Crippen LogP contribution in [0, 0.1) is 0 Å². The van der Waals surface area contributed by atoms with Crippen LogP contribution in [0.25, 0.3) is 10.2 Å². The molecular weight excluding hydrogens is 286 g/mol. The molecule has 114 valence electrons. The summed E-state index contributed by atoms with van der Waals surface area (Å²) in [6, 6.07) is 2.04. The van der Waals surface area contributed by atoms with Crippen LogP contribution in [0.4, 0.5) is 0 Å². The van der Waals surface area contributed by atoms with Crippen LogP contribution in [0.3, 0.4) is 0 Å². The Morgan fingerprint density at radius 3 is 3.05 bits per heavy atom. The first-order valence-electron chi connectivity index (χ1n) is 7.36. The van der Waals surface area contributed by atoms with Crippen molar-refractivity contribution in [2.24, 2.45) is 0 Å². The van der Waals surface area contributed by atoms with E-state index in [0.717, 1.165) is 36.1 Å². The molecule has 0 saturated carbocycles. The Labute approximate surface area is 127 Å². The summed E-state index contributed by atoms with van der Waals surface area (Å²) in [5.74, 6) is 0. The van der Waals surface area contributed by atoms with E-state index in [1.165, 1.54) is 11.3 Å². The van der Waals surface area contributed by atoms with Crippen molar-refractivity contribution in [3.63, 3.8) is 0 Å². The smallest absolute Gasteiger partial charge is 0.271 e. The molecule has 3 heterocycles. The second kappa shape index (κ2) is 5.51. The second-order valence-corrected chi connectivity index (χ2v) is 7.14. The van der Waals surface area contributed by atoms with Crippen LogP contribution in [-0.2, 0) is 6.54 Å². The minimum Gasteiger partial charge on any atom is -0.389 e. The van der Waals surface area contributed by atoms with Gasteiger partial charge in [0.1, 0.15) is 4.70 Å². The van der Waals surface area contributed by atoms with E-state index in [2.05, 4.69) is 9.88 Å². The van der Waals surface area contributed by atoms with Gasteiger partial charge in [-0.2, -0.15) is 0 Å². The van der Waals surface area contributed by atoms with Crippen molar-refractivity contribution in [3.05, 3.63) is 28.1 Å². The van der Waals surface area contributed by atoms with E-state index in [9.17, 15) is 9.90 Å². The van der Waals surface area contributed by atoms with Crippen LogP contribution in [0.1, 0.15) is 26.7 Å². The van der Waals surface area contributed by atoms with Crippen LogP contribution in [0.5, 0.6) is 0 Å². The van der Waals surface area contributed by atoms with Crippen molar-refractivity contribution in [3.8, 4) is 0 Å². The van der Waals surface area contributed by atoms with Gasteiger partial charge in [0.05, 0.1) is 17.4 Å². The van der Waals surface area contributed by atoms with Gasteiger partial charge < -0.3 is 5.11 Å². The SMILES string of the molecule is CC(C)(O)C1CCCN1CCn1cnc2ccsc2c1=O. The minimum atomic E-state index is -0.697. The summed E-state index contributed by atoms with van der Waals surface area (Å²) in [5.41, 5.74) is 0.114. The normalized spacial score (nSPS) is 20.4. The van der Waals surface area contributed by atoms with Gasteiger partial charge in [0.15, 0.2) is 0 Å². The standard InChI is InChI=1S/C15H21N3O2S/c1-15(2,20)12-4-3-6-17(12)7-8-18-10-16-11-5-9-21-13(11)14(18)19/h5,9-10,12,20H,3-4,6-8H2,1-2H3. The van der Waals surface area contributed by atoms with E-state index in [1.54, 1.807) is 10.9 Å². The van der Waals surface area contributed by atoms with Crippen LogP contribution in [0.2, 0.25) is 0 Å². The maximum absolute atomic E-state index is 12.3. The summed E-state index contributed by atoms with van der Waals surface area (Å²) in [7, 11) is 0. The van der Waals surface area contributed by atoms with Gasteiger partial charge in [0, 0.05) is 19.1 Å². The van der Waals surface area contributed by atoms with E-state index in [-0.39, 0.29) is 11.6 Å². The highest BCUT2D eigenvalue weighted by Gasteiger charge is 2.35. The van der Waals surface area contributed by atoms with E-state index < -0.39 is 5.60 Å². The summed E-state index contributed by atoms with van der Waals surface area (Å²) >= 11 is 1.44. The maximum Gasteiger partial charge on any atom is 0.271 e. The molecule has 1 saturated heterocycles. The first-order valence-corrected chi connectivity index (χ1v) is 8.24. The predicted octanol–water partition coefficient (Wildman–Crippen LogP) is 1.69. The summed E-state index contributed by atoms with van der Waals surface area (Å²) in [6.45, 7) is 6.10. The first kappa shape index (κ1) is 14.7. The van der Waals surface area contributed by atoms with Crippen molar-refractivity contribution in [1.82, 2.24) is 14.5 Å². The predicted molar refractivity (Wildman–Crippen MR) is 84.8 cm³/mol. The highest BCUT2D eigenvalue weighted by Crippen LogP contribution is 2.26. The fourth-order valence-corrected chi connectivity index (χ4v) is 3.96. The van der Waals surface area contributed by atoms with Crippen LogP contribution >= 0.6 is 11.3 Å². The average Bonchev–Trinajstić information content (AvgIpc) is 3.06. The van der Waals surface area contributed by atoms with Gasteiger partial charge in [-0.05, 0) is 44.7 Å². The van der Waals surface area contributed by atoms with Crippen molar-refractivity contribution < 1.29 is 5.11 Å². The molecule has 1 N–H and O–H groups in total. The lowest BCUT2D eigenvalue weighted by atomic mass is 9.97. The lowest BCUT2D eigenvalue weighted by Crippen LogP contribution is -2.46. The summed E-state index contributed by atoms with van der Waals surface area (Å²) in [5, 5.41) is 12.1. The molecule has 1 fully saturated rings. The molecule has 0 spiro atoms.